The van der Waals surface area contributed by atoms with Crippen LogP contribution < -0.4 is 19.1 Å². The molecule has 1 aliphatic heterocycles. The van der Waals surface area contributed by atoms with Gasteiger partial charge in [-0.25, -0.2) is 0 Å². The fourth-order valence-electron chi connectivity index (χ4n) is 3.86. The van der Waals surface area contributed by atoms with Gasteiger partial charge in [0.05, 0.1) is 38.5 Å². The third kappa shape index (κ3) is 3.87. The molecule has 168 valence electrons. The predicted molar refractivity (Wildman–Crippen MR) is 122 cm³/mol. The van der Waals surface area contributed by atoms with Gasteiger partial charge in [-0.05, 0) is 48.0 Å². The van der Waals surface area contributed by atoms with E-state index < -0.39 is 17.7 Å². The summed E-state index contributed by atoms with van der Waals surface area (Å²) in [4.78, 5) is 31.9. The second kappa shape index (κ2) is 9.04. The molecule has 1 amide bonds. The van der Waals surface area contributed by atoms with Gasteiger partial charge in [0, 0.05) is 24.1 Å². The van der Waals surface area contributed by atoms with Crippen molar-refractivity contribution >= 4 is 23.1 Å². The van der Waals surface area contributed by atoms with Crippen molar-refractivity contribution in [1.29, 1.82) is 0 Å². The van der Waals surface area contributed by atoms with Crippen molar-refractivity contribution in [2.45, 2.75) is 6.04 Å². The molecule has 1 saturated heterocycles. The topological polar surface area (TPSA) is 98.2 Å². The van der Waals surface area contributed by atoms with Crippen molar-refractivity contribution in [3.8, 4) is 17.2 Å². The van der Waals surface area contributed by atoms with Gasteiger partial charge in [-0.2, -0.15) is 0 Å². The average Bonchev–Trinajstić information content (AvgIpc) is 3.14. The molecule has 0 radical (unpaired) electrons. The van der Waals surface area contributed by atoms with Gasteiger partial charge in [0.2, 0.25) is 0 Å². The number of anilines is 1. The smallest absolute Gasteiger partial charge is 0.300 e. The Morgan fingerprint density at radius 2 is 1.61 bits per heavy atom. The minimum atomic E-state index is -0.893. The number of nitrogens with zero attached hydrogens (tertiary/aromatic N) is 2. The highest BCUT2D eigenvalue weighted by atomic mass is 16.5. The molecule has 1 unspecified atom stereocenters. The maximum absolute atomic E-state index is 13.3. The van der Waals surface area contributed by atoms with Crippen molar-refractivity contribution in [1.82, 2.24) is 4.98 Å². The molecule has 2 heterocycles. The highest BCUT2D eigenvalue weighted by Gasteiger charge is 2.47. The van der Waals surface area contributed by atoms with Gasteiger partial charge in [0.15, 0.2) is 0 Å². The summed E-state index contributed by atoms with van der Waals surface area (Å²) < 4.78 is 15.9. The van der Waals surface area contributed by atoms with E-state index in [0.717, 1.165) is 0 Å². The van der Waals surface area contributed by atoms with Gasteiger partial charge in [0.1, 0.15) is 23.0 Å². The fraction of sp³-hybridized carbons (Fsp3) is 0.160. The molecule has 1 fully saturated rings. The van der Waals surface area contributed by atoms with Crippen LogP contribution in [0, 0.1) is 0 Å². The summed E-state index contributed by atoms with van der Waals surface area (Å²) in [5, 5.41) is 11.3. The molecule has 4 rings (SSSR count). The van der Waals surface area contributed by atoms with Crippen LogP contribution in [0.3, 0.4) is 0 Å². The molecule has 8 nitrogen and oxygen atoms in total. The number of aliphatic hydroxyl groups is 1. The normalized spacial score (nSPS) is 17.2. The SMILES string of the molecule is COc1cccc(N2C(=O)C(=O)/C(=C(/O)c3cc(OC)ccc3OC)C2c2ccncc2)c1. The molecular weight excluding hydrogens is 424 g/mol. The first-order valence-corrected chi connectivity index (χ1v) is 10.1. The van der Waals surface area contributed by atoms with Gasteiger partial charge in [-0.15, -0.1) is 0 Å². The molecule has 33 heavy (non-hydrogen) atoms. The number of hydrogen-bond donors (Lipinski definition) is 1. The molecule has 0 saturated carbocycles. The zero-order chi connectivity index (χ0) is 23.5. The minimum Gasteiger partial charge on any atom is -0.507 e. The van der Waals surface area contributed by atoms with Crippen LogP contribution in [0.4, 0.5) is 5.69 Å². The van der Waals surface area contributed by atoms with Crippen LogP contribution in [0.15, 0.2) is 72.6 Å². The third-order valence-electron chi connectivity index (χ3n) is 5.46. The van der Waals surface area contributed by atoms with E-state index in [1.165, 1.54) is 26.2 Å². The zero-order valence-corrected chi connectivity index (χ0v) is 18.3. The van der Waals surface area contributed by atoms with Crippen molar-refractivity contribution in [3.63, 3.8) is 0 Å². The molecule has 0 aliphatic carbocycles. The summed E-state index contributed by atoms with van der Waals surface area (Å²) in [5.74, 6) is -0.640. The number of hydrogen-bond acceptors (Lipinski definition) is 7. The van der Waals surface area contributed by atoms with Crippen LogP contribution >= 0.6 is 0 Å². The molecule has 0 bridgehead atoms. The van der Waals surface area contributed by atoms with Gasteiger partial charge >= 0.3 is 0 Å². The molecule has 2 aromatic carbocycles. The number of Topliss-reactive ketones (excluding diaryl/α,β-unsaturated/α-hetero) is 1. The van der Waals surface area contributed by atoms with Crippen molar-refractivity contribution in [2.75, 3.05) is 26.2 Å². The molecule has 1 N–H and O–H groups in total. The van der Waals surface area contributed by atoms with E-state index in [4.69, 9.17) is 14.2 Å². The zero-order valence-electron chi connectivity index (χ0n) is 18.3. The highest BCUT2D eigenvalue weighted by molar-refractivity contribution is 6.51. The predicted octanol–water partition coefficient (Wildman–Crippen LogP) is 3.73. The van der Waals surface area contributed by atoms with E-state index in [9.17, 15) is 14.7 Å². The maximum atomic E-state index is 13.3. The number of carbonyl (C=O) groups is 2. The van der Waals surface area contributed by atoms with E-state index >= 15 is 0 Å². The third-order valence-corrected chi connectivity index (χ3v) is 5.46. The second-order valence-electron chi connectivity index (χ2n) is 7.22. The quantitative estimate of drug-likeness (QED) is 0.350. The molecule has 1 atom stereocenters. The van der Waals surface area contributed by atoms with Gasteiger partial charge in [0.25, 0.3) is 11.7 Å². The Morgan fingerprint density at radius 1 is 0.909 bits per heavy atom. The lowest BCUT2D eigenvalue weighted by Gasteiger charge is -2.25. The number of carbonyl (C=O) groups excluding carboxylic acids is 2. The first kappa shape index (κ1) is 21.9. The first-order valence-electron chi connectivity index (χ1n) is 10.1. The van der Waals surface area contributed by atoms with E-state index in [1.54, 1.807) is 67.0 Å². The Labute approximate surface area is 190 Å². The van der Waals surface area contributed by atoms with E-state index in [2.05, 4.69) is 4.98 Å². The Bertz CT molecular complexity index is 1240. The van der Waals surface area contributed by atoms with Crippen molar-refractivity contribution in [2.24, 2.45) is 0 Å². The van der Waals surface area contributed by atoms with Crippen LogP contribution in [0.1, 0.15) is 17.2 Å². The van der Waals surface area contributed by atoms with Crippen molar-refractivity contribution < 1.29 is 28.9 Å². The van der Waals surface area contributed by atoms with Gasteiger partial charge < -0.3 is 19.3 Å². The Balaban J connectivity index is 1.97. The van der Waals surface area contributed by atoms with Crippen molar-refractivity contribution in [3.05, 3.63) is 83.7 Å². The molecule has 8 heteroatoms. The standard InChI is InChI=1S/C25H22N2O6/c1-31-17-6-4-5-16(13-17)27-22(15-9-11-26-12-10-15)21(24(29)25(27)30)23(28)19-14-18(32-2)7-8-20(19)33-3/h4-14,22,28H,1-3H3/b23-21+. The molecule has 1 aliphatic rings. The van der Waals surface area contributed by atoms with Gasteiger partial charge in [-0.3, -0.25) is 19.5 Å². The number of ketones is 1. The number of benzene rings is 2. The lowest BCUT2D eigenvalue weighted by atomic mass is 9.95. The number of pyridine rings is 1. The first-order chi connectivity index (χ1) is 16.0. The Kier molecular flexibility index (Phi) is 5.99. The molecule has 1 aromatic heterocycles. The van der Waals surface area contributed by atoms with Gasteiger partial charge in [-0.1, -0.05) is 6.07 Å². The van der Waals surface area contributed by atoms with E-state index in [0.29, 0.717) is 28.5 Å². The molecule has 0 spiro atoms. The lowest BCUT2D eigenvalue weighted by molar-refractivity contribution is -0.132. The summed E-state index contributed by atoms with van der Waals surface area (Å²) in [6, 6.07) is 14.2. The van der Waals surface area contributed by atoms with E-state index in [-0.39, 0.29) is 16.9 Å². The molecular formula is C25H22N2O6. The Hall–Kier alpha value is -4.33. The van der Waals surface area contributed by atoms with Crippen LogP contribution in [0.25, 0.3) is 5.76 Å². The second-order valence-corrected chi connectivity index (χ2v) is 7.22. The summed E-state index contributed by atoms with van der Waals surface area (Å²) in [5.41, 5.74) is 1.23. The highest BCUT2D eigenvalue weighted by Crippen LogP contribution is 2.44. The minimum absolute atomic E-state index is 0.0689. The number of aromatic nitrogens is 1. The maximum Gasteiger partial charge on any atom is 0.300 e. The van der Waals surface area contributed by atoms with Crippen LogP contribution in [-0.4, -0.2) is 43.1 Å². The summed E-state index contributed by atoms with van der Waals surface area (Å²) >= 11 is 0. The molecule has 3 aromatic rings. The fourth-order valence-corrected chi connectivity index (χ4v) is 3.86. The number of aliphatic hydroxyl groups excluding tert-OH is 1. The largest absolute Gasteiger partial charge is 0.507 e. The Morgan fingerprint density at radius 3 is 2.27 bits per heavy atom. The summed E-state index contributed by atoms with van der Waals surface area (Å²) in [7, 11) is 4.46. The van der Waals surface area contributed by atoms with Crippen LogP contribution in [-0.2, 0) is 9.59 Å². The van der Waals surface area contributed by atoms with Crippen LogP contribution in [0.5, 0.6) is 17.2 Å². The number of rotatable bonds is 6. The summed E-state index contributed by atoms with van der Waals surface area (Å²) in [6.45, 7) is 0. The summed E-state index contributed by atoms with van der Waals surface area (Å²) in [6.07, 6.45) is 3.13. The van der Waals surface area contributed by atoms with Crippen LogP contribution in [0.2, 0.25) is 0 Å². The lowest BCUT2D eigenvalue weighted by Crippen LogP contribution is -2.29. The average molecular weight is 446 g/mol. The monoisotopic (exact) mass is 446 g/mol. The van der Waals surface area contributed by atoms with E-state index in [1.807, 2.05) is 0 Å². The number of amides is 1. The number of methoxy groups -OCH3 is 3. The number of ether oxygens (including phenoxy) is 3.